The van der Waals surface area contributed by atoms with Crippen molar-refractivity contribution in [2.45, 2.75) is 127 Å². The molecule has 10 atom stereocenters. The van der Waals surface area contributed by atoms with Gasteiger partial charge in [0.1, 0.15) is 48.8 Å². The Labute approximate surface area is 219 Å². The van der Waals surface area contributed by atoms with Crippen LogP contribution in [0.2, 0.25) is 0 Å². The average molecular weight is 538 g/mol. The van der Waals surface area contributed by atoms with Gasteiger partial charge in [0.15, 0.2) is 12.6 Å². The van der Waals surface area contributed by atoms with E-state index in [1.54, 1.807) is 0 Å². The van der Waals surface area contributed by atoms with Crippen molar-refractivity contribution in [2.24, 2.45) is 0 Å². The minimum absolute atomic E-state index is 0.324. The Bertz CT molecular complexity index is 642. The lowest BCUT2D eigenvalue weighted by Crippen LogP contribution is -2.67. The first kappa shape index (κ1) is 32.3. The van der Waals surface area contributed by atoms with Gasteiger partial charge in [0.2, 0.25) is 5.91 Å². The zero-order valence-corrected chi connectivity index (χ0v) is 22.2. The van der Waals surface area contributed by atoms with Gasteiger partial charge in [-0.15, -0.1) is 0 Å². The smallest absolute Gasteiger partial charge is 0.217 e. The molecule has 2 rings (SSSR count). The van der Waals surface area contributed by atoms with Crippen LogP contribution in [0.1, 0.15) is 65.7 Å². The SMILES string of the molecule is CCCCCCCCO[C@@H]1O[C@H](CO)[C@H](O[C@@H]2O[C@H](CO)[C@H](O)[C@H](O)[C@H]2NC(C)=O)[C@H](O)[C@H]1OCCC. The molecule has 0 spiro atoms. The lowest BCUT2D eigenvalue weighted by Gasteiger charge is -2.47. The van der Waals surface area contributed by atoms with Gasteiger partial charge in [-0.3, -0.25) is 4.79 Å². The van der Waals surface area contributed by atoms with Crippen LogP contribution < -0.4 is 5.32 Å². The summed E-state index contributed by atoms with van der Waals surface area (Å²) in [6, 6.07) is -1.21. The molecule has 6 N–H and O–H groups in total. The standard InChI is InChI=1S/C25H47NO11/c1-4-6-7-8-9-10-12-34-25-23(33-11-5-2)21(32)22(17(14-28)36-25)37-24-18(26-15(3)29)20(31)19(30)16(13-27)35-24/h16-25,27-28,30-32H,4-14H2,1-3H3,(H,26,29)/t16-,17-,18-,19+,20-,21+,22+,23-,24+,25-/m1/s1. The number of carbonyl (C=O) groups is 1. The van der Waals surface area contributed by atoms with Gasteiger partial charge in [0.05, 0.1) is 13.2 Å². The Kier molecular flexibility index (Phi) is 14.8. The minimum atomic E-state index is -1.52. The molecule has 0 bridgehead atoms. The first-order valence-corrected chi connectivity index (χ1v) is 13.5. The molecule has 2 aliphatic rings. The molecule has 12 nitrogen and oxygen atoms in total. The molecule has 2 aliphatic heterocycles. The second-order valence-corrected chi connectivity index (χ2v) is 9.72. The highest BCUT2D eigenvalue weighted by atomic mass is 16.7. The molecular formula is C25H47NO11. The van der Waals surface area contributed by atoms with Gasteiger partial charge in [-0.25, -0.2) is 0 Å². The monoisotopic (exact) mass is 537 g/mol. The van der Waals surface area contributed by atoms with Gasteiger partial charge in [-0.05, 0) is 12.8 Å². The summed E-state index contributed by atoms with van der Waals surface area (Å²) in [5, 5.41) is 54.1. The van der Waals surface area contributed by atoms with Crippen LogP contribution in [-0.4, -0.2) is 119 Å². The lowest BCUT2D eigenvalue weighted by atomic mass is 9.95. The molecule has 0 aliphatic carbocycles. The van der Waals surface area contributed by atoms with Crippen LogP contribution in [0, 0.1) is 0 Å². The molecule has 12 heteroatoms. The van der Waals surface area contributed by atoms with Gasteiger partial charge < -0.3 is 54.5 Å². The maximum Gasteiger partial charge on any atom is 0.217 e. The number of unbranched alkanes of at least 4 members (excludes halogenated alkanes) is 5. The van der Waals surface area contributed by atoms with Gasteiger partial charge in [0.25, 0.3) is 0 Å². The van der Waals surface area contributed by atoms with Gasteiger partial charge >= 0.3 is 0 Å². The number of carbonyl (C=O) groups excluding carboxylic acids is 1. The summed E-state index contributed by atoms with van der Waals surface area (Å²) >= 11 is 0. The maximum absolute atomic E-state index is 11.7. The number of aliphatic hydroxyl groups is 5. The number of nitrogens with one attached hydrogen (secondary N) is 1. The van der Waals surface area contributed by atoms with Crippen LogP contribution in [0.4, 0.5) is 0 Å². The van der Waals surface area contributed by atoms with E-state index in [9.17, 15) is 30.3 Å². The lowest BCUT2D eigenvalue weighted by molar-refractivity contribution is -0.351. The Balaban J connectivity index is 2.12. The van der Waals surface area contributed by atoms with Gasteiger partial charge in [-0.2, -0.15) is 0 Å². The predicted molar refractivity (Wildman–Crippen MR) is 131 cm³/mol. The van der Waals surface area contributed by atoms with Crippen LogP contribution in [0.25, 0.3) is 0 Å². The molecule has 0 aromatic heterocycles. The molecule has 0 aromatic carbocycles. The quantitative estimate of drug-likeness (QED) is 0.141. The van der Waals surface area contributed by atoms with Crippen molar-refractivity contribution < 1.29 is 54.0 Å². The summed E-state index contributed by atoms with van der Waals surface area (Å²) < 4.78 is 29.3. The van der Waals surface area contributed by atoms with E-state index in [0.29, 0.717) is 19.6 Å². The molecule has 0 unspecified atom stereocenters. The van der Waals surface area contributed by atoms with Gasteiger partial charge in [0, 0.05) is 20.1 Å². The molecule has 0 aromatic rings. The number of ether oxygens (including phenoxy) is 5. The maximum atomic E-state index is 11.7. The first-order valence-electron chi connectivity index (χ1n) is 13.5. The summed E-state index contributed by atoms with van der Waals surface area (Å²) in [6.07, 6.45) is -3.81. The highest BCUT2D eigenvalue weighted by Crippen LogP contribution is 2.31. The zero-order valence-electron chi connectivity index (χ0n) is 22.2. The van der Waals surface area contributed by atoms with Crippen LogP contribution >= 0.6 is 0 Å². The van der Waals surface area contributed by atoms with Crippen molar-refractivity contribution in [1.29, 1.82) is 0 Å². The Morgan fingerprint density at radius 1 is 0.757 bits per heavy atom. The van der Waals surface area contributed by atoms with E-state index in [1.807, 2.05) is 6.92 Å². The number of rotatable bonds is 16. The molecule has 2 saturated heterocycles. The van der Waals surface area contributed by atoms with Crippen LogP contribution in [0.15, 0.2) is 0 Å². The van der Waals surface area contributed by atoms with Crippen LogP contribution in [0.3, 0.4) is 0 Å². The second kappa shape index (κ2) is 16.9. The van der Waals surface area contributed by atoms with Gasteiger partial charge in [-0.1, -0.05) is 46.0 Å². The highest BCUT2D eigenvalue weighted by molar-refractivity contribution is 5.73. The number of hydrogen-bond donors (Lipinski definition) is 6. The fourth-order valence-electron chi connectivity index (χ4n) is 4.60. The third kappa shape index (κ3) is 9.34. The van der Waals surface area contributed by atoms with E-state index < -0.39 is 80.5 Å². The van der Waals surface area contributed by atoms with Crippen molar-refractivity contribution in [2.75, 3.05) is 26.4 Å². The van der Waals surface area contributed by atoms with E-state index in [1.165, 1.54) is 26.2 Å². The zero-order chi connectivity index (χ0) is 27.4. The first-order chi connectivity index (χ1) is 17.8. The topological polar surface area (TPSA) is 176 Å². The summed E-state index contributed by atoms with van der Waals surface area (Å²) in [5.74, 6) is -0.512. The molecule has 2 heterocycles. The highest BCUT2D eigenvalue weighted by Gasteiger charge is 2.51. The second-order valence-electron chi connectivity index (χ2n) is 9.72. The van der Waals surface area contributed by atoms with Crippen molar-refractivity contribution in [1.82, 2.24) is 5.32 Å². The van der Waals surface area contributed by atoms with E-state index in [0.717, 1.165) is 19.3 Å². The molecule has 2 fully saturated rings. The normalized spacial score (nSPS) is 36.4. The molecule has 0 saturated carbocycles. The number of aliphatic hydroxyl groups excluding tert-OH is 5. The summed E-state index contributed by atoms with van der Waals surface area (Å²) in [5.41, 5.74) is 0. The van der Waals surface area contributed by atoms with Crippen molar-refractivity contribution in [3.63, 3.8) is 0 Å². The summed E-state index contributed by atoms with van der Waals surface area (Å²) in [4.78, 5) is 11.7. The third-order valence-corrected chi connectivity index (χ3v) is 6.63. The Hall–Kier alpha value is -0.930. The average Bonchev–Trinajstić information content (AvgIpc) is 2.88. The fraction of sp³-hybridized carbons (Fsp3) is 0.960. The summed E-state index contributed by atoms with van der Waals surface area (Å²) in [7, 11) is 0. The van der Waals surface area contributed by atoms with Crippen LogP contribution in [-0.2, 0) is 28.5 Å². The number of hydrogen-bond acceptors (Lipinski definition) is 11. The predicted octanol–water partition coefficient (Wildman–Crippen LogP) is -0.434. The van der Waals surface area contributed by atoms with E-state index in [4.69, 9.17) is 23.7 Å². The Morgan fingerprint density at radius 2 is 1.41 bits per heavy atom. The van der Waals surface area contributed by atoms with E-state index in [-0.39, 0.29) is 0 Å². The molecular weight excluding hydrogens is 490 g/mol. The van der Waals surface area contributed by atoms with Crippen molar-refractivity contribution in [3.05, 3.63) is 0 Å². The van der Waals surface area contributed by atoms with E-state index >= 15 is 0 Å². The molecule has 37 heavy (non-hydrogen) atoms. The van der Waals surface area contributed by atoms with Crippen molar-refractivity contribution in [3.8, 4) is 0 Å². The fourth-order valence-corrected chi connectivity index (χ4v) is 4.60. The van der Waals surface area contributed by atoms with Crippen molar-refractivity contribution >= 4 is 5.91 Å². The van der Waals surface area contributed by atoms with Crippen LogP contribution in [0.5, 0.6) is 0 Å². The largest absolute Gasteiger partial charge is 0.394 e. The third-order valence-electron chi connectivity index (χ3n) is 6.63. The molecule has 218 valence electrons. The minimum Gasteiger partial charge on any atom is -0.394 e. The Morgan fingerprint density at radius 3 is 2.03 bits per heavy atom. The molecule has 0 radical (unpaired) electrons. The molecule has 1 amide bonds. The van der Waals surface area contributed by atoms with E-state index in [2.05, 4.69) is 12.2 Å². The summed E-state index contributed by atoms with van der Waals surface area (Å²) in [6.45, 7) is 4.89. The number of amides is 1.